The van der Waals surface area contributed by atoms with Crippen molar-refractivity contribution in [1.82, 2.24) is 0 Å². The normalized spacial score (nSPS) is 9.12. The first-order valence-corrected chi connectivity index (χ1v) is 4.69. The fourth-order valence-electron chi connectivity index (χ4n) is 1.04. The summed E-state index contributed by atoms with van der Waals surface area (Å²) in [5, 5.41) is 6.05. The molecule has 0 fully saturated rings. The van der Waals surface area contributed by atoms with Crippen LogP contribution in [-0.4, -0.2) is 19.6 Å². The van der Waals surface area contributed by atoms with E-state index in [-0.39, 0.29) is 6.54 Å². The third-order valence-electron chi connectivity index (χ3n) is 1.71. The van der Waals surface area contributed by atoms with Crippen molar-refractivity contribution >= 4 is 23.2 Å². The Morgan fingerprint density at radius 3 is 3.00 bits per heavy atom. The summed E-state index contributed by atoms with van der Waals surface area (Å²) in [6.45, 7) is -0.250. The highest BCUT2D eigenvalue weighted by Gasteiger charge is 2.04. The molecule has 6 nitrogen and oxygen atoms in total. The Balaban J connectivity index is 2.71. The molecule has 0 atom stereocenters. The summed E-state index contributed by atoms with van der Waals surface area (Å²) in [6, 6.07) is 4.82. The van der Waals surface area contributed by atoms with E-state index in [0.717, 1.165) is 0 Å². The Kier molecular flexibility index (Phi) is 4.44. The van der Waals surface area contributed by atoms with Gasteiger partial charge in [0.1, 0.15) is 12.3 Å². The average molecular weight is 241 g/mol. The fraction of sp³-hybridized carbons (Fsp3) is 0.222. The average Bonchev–Trinajstić information content (AvgIpc) is 2.26. The van der Waals surface area contributed by atoms with E-state index in [9.17, 15) is 4.79 Å². The van der Waals surface area contributed by atoms with Crippen molar-refractivity contribution in [3.8, 4) is 5.75 Å². The molecule has 0 unspecified atom stereocenters. The number of methoxy groups -OCH3 is 1. The summed E-state index contributed by atoms with van der Waals surface area (Å²) < 4.78 is 4.96. The molecule has 0 bridgehead atoms. The molecule has 0 radical (unpaired) electrons. The molecule has 0 spiro atoms. The van der Waals surface area contributed by atoms with E-state index in [2.05, 4.69) is 15.3 Å². The summed E-state index contributed by atoms with van der Waals surface area (Å²) in [5.74, 6) is 0.119. The van der Waals surface area contributed by atoms with Gasteiger partial charge in [0.2, 0.25) is 5.91 Å². The van der Waals surface area contributed by atoms with Gasteiger partial charge in [-0.3, -0.25) is 4.79 Å². The molecule has 1 N–H and O–H groups in total. The second-order valence-electron chi connectivity index (χ2n) is 2.79. The van der Waals surface area contributed by atoms with Crippen LogP contribution < -0.4 is 10.1 Å². The predicted molar refractivity (Wildman–Crippen MR) is 60.6 cm³/mol. The van der Waals surface area contributed by atoms with Gasteiger partial charge in [-0.1, -0.05) is 16.7 Å². The SMILES string of the molecule is COc1ccc(NC(=O)CN=[N+]=[N-])cc1Cl. The van der Waals surface area contributed by atoms with Gasteiger partial charge in [0.15, 0.2) is 0 Å². The minimum absolute atomic E-state index is 0.250. The van der Waals surface area contributed by atoms with Gasteiger partial charge in [-0.15, -0.1) is 0 Å². The minimum atomic E-state index is -0.404. The Morgan fingerprint density at radius 2 is 2.44 bits per heavy atom. The number of halogens is 1. The lowest BCUT2D eigenvalue weighted by molar-refractivity contribution is -0.114. The summed E-state index contributed by atoms with van der Waals surface area (Å²) in [5.41, 5.74) is 8.55. The van der Waals surface area contributed by atoms with Gasteiger partial charge in [0.05, 0.1) is 12.1 Å². The van der Waals surface area contributed by atoms with Crippen LogP contribution in [-0.2, 0) is 4.79 Å². The third kappa shape index (κ3) is 3.34. The number of anilines is 1. The quantitative estimate of drug-likeness (QED) is 0.498. The molecule has 0 aliphatic heterocycles. The van der Waals surface area contributed by atoms with Gasteiger partial charge in [0.25, 0.3) is 0 Å². The number of ether oxygens (including phenoxy) is 1. The topological polar surface area (TPSA) is 87.1 Å². The summed E-state index contributed by atoms with van der Waals surface area (Å²) in [4.78, 5) is 13.7. The third-order valence-corrected chi connectivity index (χ3v) is 2.01. The molecule has 0 aromatic heterocycles. The minimum Gasteiger partial charge on any atom is -0.495 e. The zero-order valence-electron chi connectivity index (χ0n) is 8.48. The molecule has 84 valence electrons. The van der Waals surface area contributed by atoms with Crippen LogP contribution in [0.1, 0.15) is 0 Å². The van der Waals surface area contributed by atoms with Crippen molar-refractivity contribution in [2.24, 2.45) is 5.11 Å². The maximum Gasteiger partial charge on any atom is 0.230 e. The second kappa shape index (κ2) is 5.85. The lowest BCUT2D eigenvalue weighted by atomic mass is 10.3. The van der Waals surface area contributed by atoms with E-state index < -0.39 is 5.91 Å². The van der Waals surface area contributed by atoms with Crippen LogP contribution in [0.2, 0.25) is 5.02 Å². The summed E-state index contributed by atoms with van der Waals surface area (Å²) in [7, 11) is 1.50. The molecule has 16 heavy (non-hydrogen) atoms. The molecule has 0 saturated heterocycles. The number of hydrogen-bond donors (Lipinski definition) is 1. The van der Waals surface area contributed by atoms with Gasteiger partial charge in [0, 0.05) is 10.6 Å². The lowest BCUT2D eigenvalue weighted by Gasteiger charge is -2.06. The number of nitrogens with one attached hydrogen (secondary N) is 1. The molecular formula is C9H9ClN4O2. The highest BCUT2D eigenvalue weighted by Crippen LogP contribution is 2.27. The van der Waals surface area contributed by atoms with E-state index in [4.69, 9.17) is 21.9 Å². The molecule has 7 heteroatoms. The first-order chi connectivity index (χ1) is 7.67. The van der Waals surface area contributed by atoms with Crippen LogP contribution in [0.15, 0.2) is 23.3 Å². The molecule has 0 saturated carbocycles. The van der Waals surface area contributed by atoms with Crippen LogP contribution in [0.4, 0.5) is 5.69 Å². The molecule has 0 aliphatic carbocycles. The molecule has 1 aromatic rings. The van der Waals surface area contributed by atoms with Gasteiger partial charge >= 0.3 is 0 Å². The van der Waals surface area contributed by atoms with E-state index in [0.29, 0.717) is 16.5 Å². The van der Waals surface area contributed by atoms with E-state index in [1.54, 1.807) is 18.2 Å². The highest BCUT2D eigenvalue weighted by atomic mass is 35.5. The first-order valence-electron chi connectivity index (χ1n) is 4.31. The Labute approximate surface area is 96.8 Å². The number of rotatable bonds is 4. The maximum atomic E-state index is 11.2. The van der Waals surface area contributed by atoms with Crippen LogP contribution in [0.5, 0.6) is 5.75 Å². The van der Waals surface area contributed by atoms with Crippen molar-refractivity contribution in [1.29, 1.82) is 0 Å². The zero-order valence-corrected chi connectivity index (χ0v) is 9.23. The number of carbonyl (C=O) groups excluding carboxylic acids is 1. The molecule has 1 rings (SSSR count). The smallest absolute Gasteiger partial charge is 0.230 e. The highest BCUT2D eigenvalue weighted by molar-refractivity contribution is 6.32. The Hall–Kier alpha value is -1.91. The Bertz CT molecular complexity index is 443. The molecule has 1 amide bonds. The predicted octanol–water partition coefficient (Wildman–Crippen LogP) is 2.60. The zero-order chi connectivity index (χ0) is 12.0. The van der Waals surface area contributed by atoms with E-state index in [1.165, 1.54) is 7.11 Å². The van der Waals surface area contributed by atoms with E-state index in [1.807, 2.05) is 0 Å². The van der Waals surface area contributed by atoms with Crippen LogP contribution in [0.3, 0.4) is 0 Å². The van der Waals surface area contributed by atoms with Crippen molar-refractivity contribution < 1.29 is 9.53 Å². The largest absolute Gasteiger partial charge is 0.495 e. The number of hydrogen-bond acceptors (Lipinski definition) is 3. The van der Waals surface area contributed by atoms with Crippen LogP contribution >= 0.6 is 11.6 Å². The number of amides is 1. The summed E-state index contributed by atoms with van der Waals surface area (Å²) in [6.07, 6.45) is 0. The van der Waals surface area contributed by atoms with Gasteiger partial charge in [-0.05, 0) is 23.7 Å². The van der Waals surface area contributed by atoms with Crippen molar-refractivity contribution in [2.45, 2.75) is 0 Å². The maximum absolute atomic E-state index is 11.2. The van der Waals surface area contributed by atoms with Crippen molar-refractivity contribution in [2.75, 3.05) is 19.0 Å². The molecule has 0 heterocycles. The first kappa shape index (κ1) is 12.2. The number of carbonyl (C=O) groups is 1. The number of azide groups is 1. The van der Waals surface area contributed by atoms with Crippen molar-refractivity contribution in [3.63, 3.8) is 0 Å². The second-order valence-corrected chi connectivity index (χ2v) is 3.19. The molecule has 1 aromatic carbocycles. The number of benzene rings is 1. The van der Waals surface area contributed by atoms with Crippen molar-refractivity contribution in [3.05, 3.63) is 33.7 Å². The summed E-state index contributed by atoms with van der Waals surface area (Å²) >= 11 is 5.86. The lowest BCUT2D eigenvalue weighted by Crippen LogP contribution is -2.14. The van der Waals surface area contributed by atoms with Crippen LogP contribution in [0, 0.1) is 0 Å². The van der Waals surface area contributed by atoms with Crippen LogP contribution in [0.25, 0.3) is 10.4 Å². The van der Waals surface area contributed by atoms with Gasteiger partial charge < -0.3 is 10.1 Å². The standard InChI is InChI=1S/C9H9ClN4O2/c1-16-8-3-2-6(4-7(8)10)13-9(15)5-12-14-11/h2-4H,5H2,1H3,(H,13,15). The van der Waals surface area contributed by atoms with Gasteiger partial charge in [-0.2, -0.15) is 0 Å². The Morgan fingerprint density at radius 1 is 1.69 bits per heavy atom. The van der Waals surface area contributed by atoms with Gasteiger partial charge in [-0.25, -0.2) is 0 Å². The number of nitrogens with zero attached hydrogens (tertiary/aromatic N) is 3. The monoisotopic (exact) mass is 240 g/mol. The van der Waals surface area contributed by atoms with E-state index >= 15 is 0 Å². The fourth-order valence-corrected chi connectivity index (χ4v) is 1.30. The molecular weight excluding hydrogens is 232 g/mol. The molecule has 0 aliphatic rings.